The lowest BCUT2D eigenvalue weighted by molar-refractivity contribution is -0.0614. The number of aliphatic hydroxyl groups is 1. The zero-order chi connectivity index (χ0) is 15.0. The van der Waals surface area contributed by atoms with Crippen molar-refractivity contribution >= 4 is 17.1 Å². The first-order chi connectivity index (χ1) is 10.1. The lowest BCUT2D eigenvalue weighted by Crippen LogP contribution is -2.25. The molecule has 1 aliphatic heterocycles. The molecule has 2 aromatic heterocycles. The van der Waals surface area contributed by atoms with Crippen molar-refractivity contribution in [1.29, 1.82) is 0 Å². The second-order valence-electron chi connectivity index (χ2n) is 4.58. The molecule has 112 valence electrons. The number of hydrogen-bond donors (Lipinski definition) is 3. The van der Waals surface area contributed by atoms with E-state index in [4.69, 9.17) is 10.5 Å². The van der Waals surface area contributed by atoms with E-state index in [-0.39, 0.29) is 30.1 Å². The molecule has 1 fully saturated rings. The van der Waals surface area contributed by atoms with Crippen molar-refractivity contribution in [3.8, 4) is 0 Å². The minimum atomic E-state index is -0.839. The third-order valence-electron chi connectivity index (χ3n) is 3.26. The van der Waals surface area contributed by atoms with Crippen LogP contribution in [0, 0.1) is 4.91 Å². The number of nitrogens with zero attached hydrogens (tertiary/aromatic N) is 4. The quantitative estimate of drug-likeness (QED) is 0.481. The van der Waals surface area contributed by atoms with Crippen molar-refractivity contribution in [2.45, 2.75) is 24.9 Å². The minimum Gasteiger partial charge on any atom is -0.390 e. The van der Waals surface area contributed by atoms with Gasteiger partial charge in [0.15, 0.2) is 16.5 Å². The smallest absolute Gasteiger partial charge is 0.280 e. The lowest BCUT2D eigenvalue weighted by atomic mass is 10.2. The number of rotatable bonds is 4. The molecule has 3 heterocycles. The van der Waals surface area contributed by atoms with E-state index >= 15 is 0 Å². The number of aliphatic hydroxyl groups excluding tert-OH is 1. The van der Waals surface area contributed by atoms with Gasteiger partial charge in [-0.2, -0.15) is 4.98 Å². The molecule has 4 N–H and O–H groups in total. The van der Waals surface area contributed by atoms with Gasteiger partial charge in [0.1, 0.15) is 18.9 Å². The van der Waals surface area contributed by atoms with Crippen LogP contribution in [0.1, 0.15) is 12.6 Å². The van der Waals surface area contributed by atoms with Gasteiger partial charge in [-0.1, -0.05) is 0 Å². The number of aromatic nitrogens is 4. The summed E-state index contributed by atoms with van der Waals surface area (Å²) < 4.78 is 7.06. The van der Waals surface area contributed by atoms with Crippen LogP contribution >= 0.6 is 0 Å². The predicted octanol–water partition coefficient (Wildman–Crippen LogP) is -0.952. The third-order valence-corrected chi connectivity index (χ3v) is 3.26. The highest BCUT2D eigenvalue weighted by Crippen LogP contribution is 2.30. The van der Waals surface area contributed by atoms with Crippen molar-refractivity contribution in [2.24, 2.45) is 5.34 Å². The molecule has 3 atom stereocenters. The van der Waals surface area contributed by atoms with Crippen LogP contribution < -0.4 is 11.3 Å². The Morgan fingerprint density at radius 2 is 2.48 bits per heavy atom. The number of H-pyrrole nitrogens is 1. The number of imidazole rings is 1. The fraction of sp³-hybridized carbons (Fsp3) is 0.500. The van der Waals surface area contributed by atoms with Crippen molar-refractivity contribution in [3.05, 3.63) is 21.6 Å². The monoisotopic (exact) mass is 296 g/mol. The molecule has 1 saturated heterocycles. The third kappa shape index (κ3) is 2.32. The Kier molecular flexibility index (Phi) is 3.27. The number of anilines is 1. The van der Waals surface area contributed by atoms with Crippen LogP contribution in [0.25, 0.3) is 11.2 Å². The van der Waals surface area contributed by atoms with Gasteiger partial charge < -0.3 is 20.4 Å². The van der Waals surface area contributed by atoms with Crippen molar-refractivity contribution in [1.82, 2.24) is 19.5 Å². The van der Waals surface area contributed by atoms with Crippen molar-refractivity contribution in [2.75, 3.05) is 12.3 Å². The summed E-state index contributed by atoms with van der Waals surface area (Å²) in [5.41, 5.74) is 5.42. The van der Waals surface area contributed by atoms with Crippen molar-refractivity contribution in [3.63, 3.8) is 0 Å². The maximum absolute atomic E-state index is 11.7. The van der Waals surface area contributed by atoms with Gasteiger partial charge >= 0.3 is 0 Å². The molecule has 11 nitrogen and oxygen atoms in total. The minimum absolute atomic E-state index is 0.0437. The number of fused-ring (bicyclic) bond motifs is 1. The Balaban J connectivity index is 1.91. The van der Waals surface area contributed by atoms with Gasteiger partial charge in [0, 0.05) is 6.42 Å². The Bertz CT molecular complexity index is 726. The second-order valence-corrected chi connectivity index (χ2v) is 4.58. The topological polar surface area (TPSA) is 158 Å². The van der Waals surface area contributed by atoms with Crippen LogP contribution in [0.15, 0.2) is 16.5 Å². The molecule has 0 bridgehead atoms. The van der Waals surface area contributed by atoms with Crippen LogP contribution in [0.3, 0.4) is 0 Å². The van der Waals surface area contributed by atoms with E-state index in [9.17, 15) is 14.8 Å². The van der Waals surface area contributed by atoms with Crippen molar-refractivity contribution < 1.29 is 14.7 Å². The van der Waals surface area contributed by atoms with Crippen LogP contribution in [0.2, 0.25) is 0 Å². The lowest BCUT2D eigenvalue weighted by Gasteiger charge is -2.13. The molecule has 0 spiro atoms. The molecular weight excluding hydrogens is 284 g/mol. The largest absolute Gasteiger partial charge is 0.390 e. The second kappa shape index (κ2) is 5.10. The number of nitrogens with one attached hydrogen (secondary N) is 1. The number of ether oxygens (including phenoxy) is 1. The first kappa shape index (κ1) is 13.5. The fourth-order valence-electron chi connectivity index (χ4n) is 2.29. The molecular formula is C10H12N6O5. The molecule has 0 unspecified atom stereocenters. The fourth-order valence-corrected chi connectivity index (χ4v) is 2.29. The maximum Gasteiger partial charge on any atom is 0.280 e. The van der Waals surface area contributed by atoms with E-state index < -0.39 is 24.0 Å². The Labute approximate surface area is 116 Å². The molecule has 0 amide bonds. The summed E-state index contributed by atoms with van der Waals surface area (Å²) in [6.45, 7) is -0.163. The first-order valence-electron chi connectivity index (χ1n) is 6.10. The van der Waals surface area contributed by atoms with E-state index in [0.717, 1.165) is 0 Å². The van der Waals surface area contributed by atoms with Gasteiger partial charge in [-0.15, -0.1) is 4.91 Å². The number of nitrogens with two attached hydrogens (primary N) is 1. The summed E-state index contributed by atoms with van der Waals surface area (Å²) in [4.78, 5) is 36.3. The molecule has 11 heteroatoms. The highest BCUT2D eigenvalue weighted by molar-refractivity contribution is 5.70. The highest BCUT2D eigenvalue weighted by Gasteiger charge is 2.36. The van der Waals surface area contributed by atoms with Gasteiger partial charge in [-0.25, -0.2) is 4.98 Å². The standard InChI is InChI=1S/C10H12N6O5/c11-10-13-8-7(9(18)14-10)12-3-16(8)6-1-4(17)5(21-6)2-20-15-19/h3-6,17H,1-2H2,(H3,11,13,14,18)/t4-,5+,6+/m0/s1. The van der Waals surface area contributed by atoms with Gasteiger partial charge in [0.25, 0.3) is 5.56 Å². The van der Waals surface area contributed by atoms with Crippen LogP contribution in [-0.2, 0) is 9.57 Å². The zero-order valence-corrected chi connectivity index (χ0v) is 10.7. The maximum atomic E-state index is 11.7. The number of nitrogen functional groups attached to an aromatic ring is 1. The zero-order valence-electron chi connectivity index (χ0n) is 10.7. The molecule has 3 rings (SSSR count). The van der Waals surface area contributed by atoms with E-state index in [2.05, 4.69) is 25.1 Å². The van der Waals surface area contributed by atoms with Gasteiger partial charge in [0.05, 0.1) is 12.4 Å². The Morgan fingerprint density at radius 1 is 1.67 bits per heavy atom. The SMILES string of the molecule is Nc1nc2c(ncn2[C@H]2C[C@H](O)[C@@H](CON=O)O2)c(=O)[nH]1. The van der Waals surface area contributed by atoms with E-state index in [1.807, 2.05) is 0 Å². The van der Waals surface area contributed by atoms with Crippen LogP contribution in [0.5, 0.6) is 0 Å². The van der Waals surface area contributed by atoms with Gasteiger partial charge in [0.2, 0.25) is 5.95 Å². The number of hydrogen-bond acceptors (Lipinski definition) is 9. The van der Waals surface area contributed by atoms with Gasteiger partial charge in [-0.3, -0.25) is 14.3 Å². The Hall–Kier alpha value is -2.53. The molecule has 0 aromatic carbocycles. The van der Waals surface area contributed by atoms with E-state index in [0.29, 0.717) is 0 Å². The molecule has 0 aliphatic carbocycles. The number of aromatic amines is 1. The molecule has 2 aromatic rings. The first-order valence-corrected chi connectivity index (χ1v) is 6.10. The summed E-state index contributed by atoms with van der Waals surface area (Å²) in [5.74, 6) is -0.0437. The molecule has 1 aliphatic rings. The van der Waals surface area contributed by atoms with Crippen LogP contribution in [-0.4, -0.2) is 43.4 Å². The summed E-state index contributed by atoms with van der Waals surface area (Å²) >= 11 is 0. The summed E-state index contributed by atoms with van der Waals surface area (Å²) in [6, 6.07) is 0. The van der Waals surface area contributed by atoms with E-state index in [1.165, 1.54) is 10.9 Å². The average molecular weight is 296 g/mol. The highest BCUT2D eigenvalue weighted by atomic mass is 16.7. The van der Waals surface area contributed by atoms with Gasteiger partial charge in [-0.05, 0) is 0 Å². The molecule has 0 radical (unpaired) electrons. The normalized spacial score (nSPS) is 25.3. The predicted molar refractivity (Wildman–Crippen MR) is 68.8 cm³/mol. The molecule has 21 heavy (non-hydrogen) atoms. The van der Waals surface area contributed by atoms with E-state index in [1.54, 1.807) is 0 Å². The summed E-state index contributed by atoms with van der Waals surface area (Å²) in [5, 5.41) is 12.1. The Morgan fingerprint density at radius 3 is 3.24 bits per heavy atom. The summed E-state index contributed by atoms with van der Waals surface area (Å²) in [7, 11) is 0. The molecule has 0 saturated carbocycles. The summed E-state index contributed by atoms with van der Waals surface area (Å²) in [6.07, 6.45) is -0.533. The van der Waals surface area contributed by atoms with Crippen LogP contribution in [0.4, 0.5) is 5.95 Å². The average Bonchev–Trinajstić information content (AvgIpc) is 3.00.